The van der Waals surface area contributed by atoms with E-state index in [9.17, 15) is 4.79 Å². The Morgan fingerprint density at radius 2 is 2.07 bits per heavy atom. The number of para-hydroxylation sites is 1. The highest BCUT2D eigenvalue weighted by Gasteiger charge is 2.25. The van der Waals surface area contributed by atoms with Crippen molar-refractivity contribution in [2.24, 2.45) is 0 Å². The van der Waals surface area contributed by atoms with Gasteiger partial charge in [-0.3, -0.25) is 0 Å². The summed E-state index contributed by atoms with van der Waals surface area (Å²) in [6.07, 6.45) is 5.50. The fourth-order valence-corrected chi connectivity index (χ4v) is 4.94. The molecule has 1 fully saturated rings. The van der Waals surface area contributed by atoms with Crippen LogP contribution in [0.15, 0.2) is 42.0 Å². The first-order valence-electron chi connectivity index (χ1n) is 9.76. The average molecular weight is 396 g/mol. The topological polar surface area (TPSA) is 38.8 Å². The minimum atomic E-state index is -0.304. The van der Waals surface area contributed by atoms with E-state index < -0.39 is 0 Å². The summed E-state index contributed by atoms with van der Waals surface area (Å²) in [6.45, 7) is 4.91. The second kappa shape index (κ2) is 8.33. The van der Waals surface area contributed by atoms with Gasteiger partial charge in [0.15, 0.2) is 0 Å². The van der Waals surface area contributed by atoms with Crippen LogP contribution in [0, 0.1) is 0 Å². The summed E-state index contributed by atoms with van der Waals surface area (Å²) in [6, 6.07) is 10.5. The number of hydrogen-bond acceptors (Lipinski definition) is 5. The number of piperidine rings is 1. The van der Waals surface area contributed by atoms with Crippen molar-refractivity contribution in [1.82, 2.24) is 4.90 Å². The minimum absolute atomic E-state index is 0.304. The van der Waals surface area contributed by atoms with Crippen molar-refractivity contribution in [1.29, 1.82) is 0 Å². The normalized spacial score (nSPS) is 17.1. The fraction of sp³-hybridized carbons (Fsp3) is 0.348. The summed E-state index contributed by atoms with van der Waals surface area (Å²) in [4.78, 5) is 16.4. The molecule has 0 aliphatic carbocycles. The smallest absolute Gasteiger partial charge is 0.330 e. The molecular formula is C23H25NO3S. The van der Waals surface area contributed by atoms with Crippen LogP contribution in [-0.2, 0) is 16.1 Å². The first kappa shape index (κ1) is 19.0. The molecule has 5 heteroatoms. The Morgan fingerprint density at radius 1 is 1.29 bits per heavy atom. The molecular weight excluding hydrogens is 370 g/mol. The van der Waals surface area contributed by atoms with Gasteiger partial charge in [0, 0.05) is 45.6 Å². The van der Waals surface area contributed by atoms with Crippen LogP contribution < -0.4 is 4.74 Å². The number of likely N-dealkylation sites (tertiary alicyclic amines) is 1. The van der Waals surface area contributed by atoms with Crippen molar-refractivity contribution in [2.75, 3.05) is 26.7 Å². The van der Waals surface area contributed by atoms with Crippen LogP contribution in [-0.4, -0.2) is 37.6 Å². The molecule has 0 N–H and O–H groups in total. The van der Waals surface area contributed by atoms with Crippen molar-refractivity contribution in [3.63, 3.8) is 0 Å². The summed E-state index contributed by atoms with van der Waals surface area (Å²) in [5.41, 5.74) is 5.20. The van der Waals surface area contributed by atoms with E-state index in [0.717, 1.165) is 36.6 Å². The lowest BCUT2D eigenvalue weighted by atomic mass is 9.91. The first-order chi connectivity index (χ1) is 13.7. The molecule has 1 aromatic heterocycles. The highest BCUT2D eigenvalue weighted by atomic mass is 32.1. The van der Waals surface area contributed by atoms with E-state index in [1.807, 2.05) is 19.1 Å². The van der Waals surface area contributed by atoms with Crippen LogP contribution in [0.2, 0.25) is 0 Å². The van der Waals surface area contributed by atoms with Crippen LogP contribution in [0.3, 0.4) is 0 Å². The molecule has 2 aromatic rings. The fourth-order valence-electron chi connectivity index (χ4n) is 3.76. The Bertz CT molecular complexity index is 931. The van der Waals surface area contributed by atoms with Gasteiger partial charge in [-0.25, -0.2) is 4.79 Å². The van der Waals surface area contributed by atoms with Gasteiger partial charge < -0.3 is 14.4 Å². The number of carbonyl (C=O) groups excluding carboxylic acids is 1. The highest BCUT2D eigenvalue weighted by Crippen LogP contribution is 2.44. The summed E-state index contributed by atoms with van der Waals surface area (Å²) < 4.78 is 11.1. The summed E-state index contributed by atoms with van der Waals surface area (Å²) in [5, 5.41) is 0. The number of nitrogens with zero attached hydrogens (tertiary/aromatic N) is 1. The predicted octanol–water partition coefficient (Wildman–Crippen LogP) is 4.74. The Hall–Kier alpha value is -2.37. The highest BCUT2D eigenvalue weighted by molar-refractivity contribution is 7.14. The number of carbonyl (C=O) groups is 1. The van der Waals surface area contributed by atoms with Crippen molar-refractivity contribution in [2.45, 2.75) is 26.4 Å². The molecule has 0 spiro atoms. The molecule has 2 aliphatic rings. The van der Waals surface area contributed by atoms with E-state index >= 15 is 0 Å². The molecule has 28 heavy (non-hydrogen) atoms. The summed E-state index contributed by atoms with van der Waals surface area (Å²) in [5.74, 6) is 0.650. The molecule has 0 radical (unpaired) electrons. The zero-order valence-corrected chi connectivity index (χ0v) is 17.2. The molecule has 1 aromatic carbocycles. The Morgan fingerprint density at radius 3 is 2.86 bits per heavy atom. The maximum absolute atomic E-state index is 11.7. The molecule has 3 heterocycles. The van der Waals surface area contributed by atoms with E-state index in [2.05, 4.69) is 36.2 Å². The largest absolute Gasteiger partial charge is 0.488 e. The van der Waals surface area contributed by atoms with Crippen LogP contribution in [0.4, 0.5) is 0 Å². The van der Waals surface area contributed by atoms with Crippen molar-refractivity contribution < 1.29 is 14.3 Å². The standard InChI is InChI=1S/C23H25NO3S/c1-3-26-21(25)9-8-18-14-17-15-27-20-7-5-4-6-19(20)22(23(17)28-18)16-10-12-24(2)13-11-16/h4-9,14H,3,10-13,15H2,1-2H3. The van der Waals surface area contributed by atoms with Crippen molar-refractivity contribution >= 4 is 29.0 Å². The first-order valence-corrected chi connectivity index (χ1v) is 10.6. The molecule has 0 amide bonds. The molecule has 4 nitrogen and oxygen atoms in total. The minimum Gasteiger partial charge on any atom is -0.488 e. The average Bonchev–Trinajstić information content (AvgIpc) is 3.04. The number of benzene rings is 1. The van der Waals surface area contributed by atoms with Gasteiger partial charge in [0.05, 0.1) is 6.61 Å². The molecule has 0 bridgehead atoms. The van der Waals surface area contributed by atoms with Gasteiger partial charge in [0.1, 0.15) is 12.4 Å². The number of ether oxygens (including phenoxy) is 2. The Labute approximate surface area is 170 Å². The zero-order valence-electron chi connectivity index (χ0n) is 16.4. The third-order valence-electron chi connectivity index (χ3n) is 5.21. The van der Waals surface area contributed by atoms with E-state index in [1.165, 1.54) is 33.2 Å². The molecule has 2 aliphatic heterocycles. The van der Waals surface area contributed by atoms with E-state index in [0.29, 0.717) is 13.2 Å². The number of rotatable bonds is 3. The SMILES string of the molecule is CCOC(=O)C=Cc1cc2c(s1)C(=C1CCN(C)CC1)c1ccccc1OC2. The predicted molar refractivity (Wildman–Crippen MR) is 114 cm³/mol. The maximum atomic E-state index is 11.7. The molecule has 4 rings (SSSR count). The number of esters is 1. The maximum Gasteiger partial charge on any atom is 0.330 e. The van der Waals surface area contributed by atoms with E-state index in [-0.39, 0.29) is 5.97 Å². The van der Waals surface area contributed by atoms with E-state index in [1.54, 1.807) is 11.3 Å². The van der Waals surface area contributed by atoms with Gasteiger partial charge in [-0.05, 0) is 45.0 Å². The monoisotopic (exact) mass is 395 g/mol. The van der Waals surface area contributed by atoms with Crippen LogP contribution in [0.5, 0.6) is 5.75 Å². The number of thiophene rings is 1. The lowest BCUT2D eigenvalue weighted by molar-refractivity contribution is -0.137. The lowest BCUT2D eigenvalue weighted by Crippen LogP contribution is -2.26. The van der Waals surface area contributed by atoms with Crippen LogP contribution in [0.25, 0.3) is 11.6 Å². The van der Waals surface area contributed by atoms with Gasteiger partial charge in [-0.15, -0.1) is 11.3 Å². The van der Waals surface area contributed by atoms with Crippen LogP contribution in [0.1, 0.15) is 40.6 Å². The third-order valence-corrected chi connectivity index (χ3v) is 6.37. The van der Waals surface area contributed by atoms with Gasteiger partial charge in [0.2, 0.25) is 0 Å². The molecule has 1 saturated heterocycles. The Kier molecular flexibility index (Phi) is 5.64. The Balaban J connectivity index is 1.77. The molecule has 0 saturated carbocycles. The summed E-state index contributed by atoms with van der Waals surface area (Å²) in [7, 11) is 2.18. The second-order valence-corrected chi connectivity index (χ2v) is 8.24. The molecule has 146 valence electrons. The molecule has 0 unspecified atom stereocenters. The van der Waals surface area contributed by atoms with Gasteiger partial charge in [-0.1, -0.05) is 23.8 Å². The summed E-state index contributed by atoms with van der Waals surface area (Å²) >= 11 is 1.73. The van der Waals surface area contributed by atoms with Gasteiger partial charge >= 0.3 is 5.97 Å². The van der Waals surface area contributed by atoms with Gasteiger partial charge in [-0.2, -0.15) is 0 Å². The lowest BCUT2D eigenvalue weighted by Gasteiger charge is -2.26. The van der Waals surface area contributed by atoms with Crippen molar-refractivity contribution in [3.8, 4) is 5.75 Å². The van der Waals surface area contributed by atoms with Crippen LogP contribution >= 0.6 is 11.3 Å². The zero-order chi connectivity index (χ0) is 19.5. The molecule has 0 atom stereocenters. The van der Waals surface area contributed by atoms with Gasteiger partial charge in [0.25, 0.3) is 0 Å². The quantitative estimate of drug-likeness (QED) is 0.556. The van der Waals surface area contributed by atoms with E-state index in [4.69, 9.17) is 9.47 Å². The third kappa shape index (κ3) is 3.91. The van der Waals surface area contributed by atoms with Crippen molar-refractivity contribution in [3.05, 3.63) is 62.9 Å². The second-order valence-electron chi connectivity index (χ2n) is 7.16. The number of hydrogen-bond donors (Lipinski definition) is 0. The number of fused-ring (bicyclic) bond motifs is 2.